The molecule has 0 saturated carbocycles. The van der Waals surface area contributed by atoms with Crippen LogP contribution in [-0.2, 0) is 19.0 Å². The van der Waals surface area contributed by atoms with Crippen LogP contribution < -0.4 is 0 Å². The molecule has 0 unspecified atom stereocenters. The van der Waals surface area contributed by atoms with Gasteiger partial charge in [-0.2, -0.15) is 0 Å². The minimum Gasteiger partial charge on any atom is -0.507 e. The molecule has 0 bridgehead atoms. The van der Waals surface area contributed by atoms with E-state index >= 15 is 0 Å². The Labute approximate surface area is 230 Å². The van der Waals surface area contributed by atoms with Crippen LogP contribution in [0.15, 0.2) is 41.0 Å². The van der Waals surface area contributed by atoms with Gasteiger partial charge in [0.25, 0.3) is 0 Å². The summed E-state index contributed by atoms with van der Waals surface area (Å²) in [5.41, 5.74) is 4.11. The van der Waals surface area contributed by atoms with Crippen molar-refractivity contribution in [3.05, 3.63) is 46.5 Å². The molecule has 1 aromatic rings. The van der Waals surface area contributed by atoms with Crippen molar-refractivity contribution in [3.8, 4) is 5.75 Å². The Balaban J connectivity index is 1.51. The second-order valence-corrected chi connectivity index (χ2v) is 11.2. The van der Waals surface area contributed by atoms with Crippen LogP contribution >= 0.6 is 0 Å². The second-order valence-electron chi connectivity index (χ2n) is 11.2. The molecule has 0 aromatic heterocycles. The minimum atomic E-state index is -0.999. The fourth-order valence-electron chi connectivity index (χ4n) is 6.62. The van der Waals surface area contributed by atoms with Crippen molar-refractivity contribution in [2.75, 3.05) is 6.54 Å². The molecule has 4 atom stereocenters. The predicted octanol–water partition coefficient (Wildman–Crippen LogP) is 4.82. The van der Waals surface area contributed by atoms with Gasteiger partial charge in [0.2, 0.25) is 11.8 Å². The lowest BCUT2D eigenvalue weighted by Gasteiger charge is -2.43. The highest BCUT2D eigenvalue weighted by molar-refractivity contribution is 6.43. The lowest BCUT2D eigenvalue weighted by atomic mass is 9.58. The number of nitrogens with zero attached hydrogens (tertiary/aromatic N) is 1. The van der Waals surface area contributed by atoms with E-state index in [9.17, 15) is 24.5 Å². The third-order valence-electron chi connectivity index (χ3n) is 8.36. The Hall–Kier alpha value is -2.91. The molecule has 210 valence electrons. The highest BCUT2D eigenvalue weighted by Gasteiger charge is 2.56. The summed E-state index contributed by atoms with van der Waals surface area (Å²) >= 11 is 0. The molecule has 3 N–H and O–H groups in total. The number of para-hydroxylation sites is 1. The smallest absolute Gasteiger partial charge is 0.455 e. The van der Waals surface area contributed by atoms with Gasteiger partial charge in [-0.25, -0.2) is 0 Å². The summed E-state index contributed by atoms with van der Waals surface area (Å²) in [5, 5.41) is 29.7. The quantitative estimate of drug-likeness (QED) is 0.151. The van der Waals surface area contributed by atoms with Crippen LogP contribution in [-0.4, -0.2) is 57.7 Å². The van der Waals surface area contributed by atoms with Gasteiger partial charge in [-0.3, -0.25) is 19.3 Å². The molecular weight excluding hydrogens is 497 g/mol. The van der Waals surface area contributed by atoms with E-state index < -0.39 is 24.9 Å². The Bertz CT molecular complexity index is 1150. The van der Waals surface area contributed by atoms with Gasteiger partial charge < -0.3 is 19.9 Å². The number of carbonyl (C=O) groups is 3. The average Bonchev–Trinajstić information content (AvgIpc) is 3.12. The molecule has 8 nitrogen and oxygen atoms in total. The summed E-state index contributed by atoms with van der Waals surface area (Å²) in [6.07, 6.45) is 7.41. The Morgan fingerprint density at radius 3 is 2.62 bits per heavy atom. The molecule has 1 aliphatic carbocycles. The van der Waals surface area contributed by atoms with E-state index in [1.807, 2.05) is 25.1 Å². The number of phenols is 1. The summed E-state index contributed by atoms with van der Waals surface area (Å²) in [4.78, 5) is 39.1. The van der Waals surface area contributed by atoms with Crippen molar-refractivity contribution < 1.29 is 34.3 Å². The fraction of sp³-hybridized carbons (Fsp3) is 0.567. The third-order valence-corrected chi connectivity index (χ3v) is 8.36. The van der Waals surface area contributed by atoms with Gasteiger partial charge in [-0.15, -0.1) is 0 Å². The first-order valence-electron chi connectivity index (χ1n) is 14.3. The zero-order chi connectivity index (χ0) is 28.1. The topological polar surface area (TPSA) is 124 Å². The number of carboxylic acid groups (broad SMARTS) is 1. The number of phenolic OH excluding ortho intramolecular Hbond substituents is 1. The van der Waals surface area contributed by atoms with Crippen molar-refractivity contribution in [2.24, 2.45) is 17.8 Å². The molecule has 0 spiro atoms. The monoisotopic (exact) mass is 537 g/mol. The first-order chi connectivity index (χ1) is 18.7. The van der Waals surface area contributed by atoms with Crippen molar-refractivity contribution in [1.29, 1.82) is 0 Å². The summed E-state index contributed by atoms with van der Waals surface area (Å²) < 4.78 is 6.07. The standard InChI is InChI=1S/C30H40BNO7/c1-3-9-21-17-22-28(30(37)32(29(22)36)15-8-4-5-12-26(34)35)23-18-31(38)39-25(27(21)23)14-13-19(2)16-20-10-6-7-11-24(20)33/h6-7,10-11,16,22-23,25,28,33,38H,3-5,8-9,12-15,17-18H2,1-2H3,(H,34,35)/b19-16+/t22-,23+,25-,28-/m1/s1. The predicted molar refractivity (Wildman–Crippen MR) is 148 cm³/mol. The molecule has 2 fully saturated rings. The molecule has 9 heteroatoms. The van der Waals surface area contributed by atoms with E-state index in [0.29, 0.717) is 51.4 Å². The number of rotatable bonds is 12. The normalized spacial score (nSPS) is 25.3. The summed E-state index contributed by atoms with van der Waals surface area (Å²) in [5.74, 6) is -2.02. The van der Waals surface area contributed by atoms with Crippen molar-refractivity contribution in [1.82, 2.24) is 4.90 Å². The maximum absolute atomic E-state index is 13.6. The van der Waals surface area contributed by atoms with Gasteiger partial charge >= 0.3 is 13.1 Å². The molecule has 2 heterocycles. The summed E-state index contributed by atoms with van der Waals surface area (Å²) in [6.45, 7) is 4.43. The number of likely N-dealkylation sites (tertiary alicyclic amines) is 1. The number of unbranched alkanes of at least 4 members (excludes halogenated alkanes) is 2. The van der Waals surface area contributed by atoms with Crippen LogP contribution in [0, 0.1) is 17.8 Å². The van der Waals surface area contributed by atoms with Crippen LogP contribution in [0.1, 0.15) is 77.2 Å². The van der Waals surface area contributed by atoms with Crippen LogP contribution in [0.25, 0.3) is 6.08 Å². The van der Waals surface area contributed by atoms with Gasteiger partial charge in [-0.1, -0.05) is 55.2 Å². The van der Waals surface area contributed by atoms with Crippen molar-refractivity contribution in [2.45, 2.75) is 84.1 Å². The first kappa shape index (κ1) is 29.1. The fourth-order valence-corrected chi connectivity index (χ4v) is 6.62. The van der Waals surface area contributed by atoms with E-state index in [1.165, 1.54) is 10.5 Å². The number of benzene rings is 1. The third kappa shape index (κ3) is 6.64. The molecule has 4 rings (SSSR count). The van der Waals surface area contributed by atoms with E-state index in [0.717, 1.165) is 29.6 Å². The Kier molecular flexibility index (Phi) is 9.67. The van der Waals surface area contributed by atoms with Crippen LogP contribution in [0.2, 0.25) is 6.32 Å². The van der Waals surface area contributed by atoms with Crippen LogP contribution in [0.3, 0.4) is 0 Å². The number of hydrogen-bond donors (Lipinski definition) is 3. The lowest BCUT2D eigenvalue weighted by Crippen LogP contribution is -2.46. The molecule has 2 aliphatic heterocycles. The number of carbonyl (C=O) groups excluding carboxylic acids is 2. The lowest BCUT2D eigenvalue weighted by molar-refractivity contribution is -0.141. The van der Waals surface area contributed by atoms with Gasteiger partial charge in [0.05, 0.1) is 17.9 Å². The van der Waals surface area contributed by atoms with Gasteiger partial charge in [0.15, 0.2) is 0 Å². The van der Waals surface area contributed by atoms with E-state index in [2.05, 4.69) is 6.92 Å². The number of imide groups is 1. The number of amides is 2. The Morgan fingerprint density at radius 1 is 1.13 bits per heavy atom. The molecule has 0 radical (unpaired) electrons. The Morgan fingerprint density at radius 2 is 1.90 bits per heavy atom. The SMILES string of the molecule is CCCC1=C2[C@@H](CC/C(C)=C/c3ccccc3O)OB(O)C[C@@H]2[C@@H]2C(=O)N(CCCCCC(=O)O)C(=O)[C@@H]2C1. The summed E-state index contributed by atoms with van der Waals surface area (Å²) in [6, 6.07) is 7.18. The van der Waals surface area contributed by atoms with E-state index in [1.54, 1.807) is 12.1 Å². The zero-order valence-electron chi connectivity index (χ0n) is 23.0. The first-order valence-corrected chi connectivity index (χ1v) is 14.3. The molecule has 2 amide bonds. The van der Waals surface area contributed by atoms with E-state index in [-0.39, 0.29) is 36.0 Å². The zero-order valence-corrected chi connectivity index (χ0v) is 23.0. The molecule has 39 heavy (non-hydrogen) atoms. The van der Waals surface area contributed by atoms with Crippen LogP contribution in [0.5, 0.6) is 5.75 Å². The maximum atomic E-state index is 13.6. The number of hydrogen-bond acceptors (Lipinski definition) is 6. The number of aliphatic carboxylic acids is 1. The number of fused-ring (bicyclic) bond motifs is 3. The van der Waals surface area contributed by atoms with Gasteiger partial charge in [0.1, 0.15) is 5.75 Å². The largest absolute Gasteiger partial charge is 0.507 e. The molecule has 1 aromatic carbocycles. The number of aromatic hydroxyl groups is 1. The molecular formula is C30H40BNO7. The minimum absolute atomic E-state index is 0.0866. The molecule has 3 aliphatic rings. The van der Waals surface area contributed by atoms with Gasteiger partial charge in [0, 0.05) is 18.5 Å². The van der Waals surface area contributed by atoms with E-state index in [4.69, 9.17) is 9.76 Å². The summed E-state index contributed by atoms with van der Waals surface area (Å²) in [7, 11) is -0.999. The second kappa shape index (κ2) is 13.0. The van der Waals surface area contributed by atoms with Crippen LogP contribution in [0.4, 0.5) is 0 Å². The van der Waals surface area contributed by atoms with Crippen molar-refractivity contribution >= 4 is 31.0 Å². The molecule has 2 saturated heterocycles. The number of carboxylic acids is 1. The average molecular weight is 537 g/mol. The highest BCUT2D eigenvalue weighted by atomic mass is 16.5. The maximum Gasteiger partial charge on any atom is 0.455 e. The highest BCUT2D eigenvalue weighted by Crippen LogP contribution is 2.51. The van der Waals surface area contributed by atoms with Gasteiger partial charge in [-0.05, 0) is 69.3 Å². The number of allylic oxidation sites excluding steroid dienone is 2. The van der Waals surface area contributed by atoms with Crippen molar-refractivity contribution in [3.63, 3.8) is 0 Å².